The monoisotopic (exact) mass is 267 g/mol. The first-order valence-electron chi connectivity index (χ1n) is 6.82. The van der Waals surface area contributed by atoms with Crippen LogP contribution in [0.1, 0.15) is 17.2 Å². The Hall–Kier alpha value is -1.90. The Kier molecular flexibility index (Phi) is 5.54. The number of ether oxygens (including phenoxy) is 1. The van der Waals surface area contributed by atoms with Gasteiger partial charge in [0.05, 0.1) is 6.04 Å². The molecule has 0 heterocycles. The molecule has 0 radical (unpaired) electrons. The molecule has 2 rings (SSSR count). The van der Waals surface area contributed by atoms with Gasteiger partial charge < -0.3 is 10.1 Å². The van der Waals surface area contributed by atoms with Crippen molar-refractivity contribution in [3.05, 3.63) is 84.4 Å². The average molecular weight is 267 g/mol. The van der Waals surface area contributed by atoms with Crippen molar-refractivity contribution in [2.24, 2.45) is 0 Å². The zero-order valence-corrected chi connectivity index (χ0v) is 11.8. The number of methoxy groups -OCH3 is 1. The number of nitrogens with one attached hydrogen (secondary N) is 1. The lowest BCUT2D eigenvalue weighted by Gasteiger charge is -2.25. The maximum atomic E-state index is 5.64. The van der Waals surface area contributed by atoms with Gasteiger partial charge in [0.15, 0.2) is 0 Å². The molecule has 0 aliphatic rings. The molecule has 0 unspecified atom stereocenters. The highest BCUT2D eigenvalue weighted by Gasteiger charge is 2.19. The molecule has 0 amide bonds. The van der Waals surface area contributed by atoms with Crippen LogP contribution in [0.5, 0.6) is 0 Å². The molecule has 0 aliphatic carbocycles. The summed E-state index contributed by atoms with van der Waals surface area (Å²) in [6.07, 6.45) is 1.88. The third-order valence-corrected chi connectivity index (χ3v) is 3.35. The van der Waals surface area contributed by atoms with Crippen LogP contribution in [-0.2, 0) is 11.3 Å². The molecule has 2 heteroatoms. The highest BCUT2D eigenvalue weighted by atomic mass is 16.5. The molecule has 2 aromatic carbocycles. The van der Waals surface area contributed by atoms with Crippen LogP contribution in [0.4, 0.5) is 0 Å². The van der Waals surface area contributed by atoms with Gasteiger partial charge in [-0.2, -0.15) is 0 Å². The first-order valence-corrected chi connectivity index (χ1v) is 6.82. The Morgan fingerprint density at radius 3 is 2.20 bits per heavy atom. The molecule has 0 bridgehead atoms. The van der Waals surface area contributed by atoms with Gasteiger partial charge in [0.1, 0.15) is 6.10 Å². The van der Waals surface area contributed by atoms with Crippen LogP contribution < -0.4 is 5.32 Å². The third kappa shape index (κ3) is 3.80. The summed E-state index contributed by atoms with van der Waals surface area (Å²) in [5, 5.41) is 3.49. The van der Waals surface area contributed by atoms with Crippen LogP contribution in [0.2, 0.25) is 0 Å². The molecular weight excluding hydrogens is 246 g/mol. The summed E-state index contributed by atoms with van der Waals surface area (Å²) in [5.41, 5.74) is 2.41. The zero-order chi connectivity index (χ0) is 14.2. The van der Waals surface area contributed by atoms with E-state index in [2.05, 4.69) is 36.2 Å². The van der Waals surface area contributed by atoms with Gasteiger partial charge in [-0.05, 0) is 11.1 Å². The lowest BCUT2D eigenvalue weighted by molar-refractivity contribution is 0.0814. The molecule has 2 nitrogen and oxygen atoms in total. The first-order chi connectivity index (χ1) is 9.85. The summed E-state index contributed by atoms with van der Waals surface area (Å²) in [5.74, 6) is 0. The smallest absolute Gasteiger partial charge is 0.101 e. The standard InChI is InChI=1S/C18H21NO/c1-3-17(19-14-15-10-6-4-7-11-15)18(20-2)16-12-8-5-9-13-16/h3-13,17-19H,1,14H2,2H3/t17-,18-/m0/s1. The molecule has 2 aromatic rings. The largest absolute Gasteiger partial charge is 0.375 e. The maximum absolute atomic E-state index is 5.64. The summed E-state index contributed by atoms with van der Waals surface area (Å²) in [7, 11) is 1.73. The highest BCUT2D eigenvalue weighted by Crippen LogP contribution is 2.21. The summed E-state index contributed by atoms with van der Waals surface area (Å²) >= 11 is 0. The fraction of sp³-hybridized carbons (Fsp3) is 0.222. The fourth-order valence-corrected chi connectivity index (χ4v) is 2.28. The Morgan fingerprint density at radius 2 is 1.65 bits per heavy atom. The molecule has 0 aliphatic heterocycles. The van der Waals surface area contributed by atoms with Gasteiger partial charge in [0.2, 0.25) is 0 Å². The first kappa shape index (κ1) is 14.5. The van der Waals surface area contributed by atoms with Gasteiger partial charge >= 0.3 is 0 Å². The topological polar surface area (TPSA) is 21.3 Å². The predicted octanol–water partition coefficient (Wildman–Crippen LogP) is 3.72. The van der Waals surface area contributed by atoms with Crippen LogP contribution in [0.15, 0.2) is 73.3 Å². The van der Waals surface area contributed by atoms with Gasteiger partial charge in [0, 0.05) is 13.7 Å². The molecule has 0 fully saturated rings. The van der Waals surface area contributed by atoms with Crippen molar-refractivity contribution in [1.29, 1.82) is 0 Å². The van der Waals surface area contributed by atoms with E-state index in [1.54, 1.807) is 7.11 Å². The number of hydrogen-bond donors (Lipinski definition) is 1. The van der Waals surface area contributed by atoms with E-state index in [-0.39, 0.29) is 12.1 Å². The molecular formula is C18H21NO. The van der Waals surface area contributed by atoms with Gasteiger partial charge in [-0.25, -0.2) is 0 Å². The van der Waals surface area contributed by atoms with Crippen molar-refractivity contribution in [3.8, 4) is 0 Å². The summed E-state index contributed by atoms with van der Waals surface area (Å²) in [4.78, 5) is 0. The van der Waals surface area contributed by atoms with E-state index in [1.807, 2.05) is 42.5 Å². The molecule has 0 saturated carbocycles. The lowest BCUT2D eigenvalue weighted by atomic mass is 10.0. The predicted molar refractivity (Wildman–Crippen MR) is 83.5 cm³/mol. The summed E-state index contributed by atoms with van der Waals surface area (Å²) in [6.45, 7) is 4.72. The summed E-state index contributed by atoms with van der Waals surface area (Å²) in [6, 6.07) is 20.6. The van der Waals surface area contributed by atoms with E-state index in [0.717, 1.165) is 12.1 Å². The number of rotatable bonds is 7. The van der Waals surface area contributed by atoms with Crippen molar-refractivity contribution in [3.63, 3.8) is 0 Å². The second-order valence-corrected chi connectivity index (χ2v) is 4.69. The average Bonchev–Trinajstić information content (AvgIpc) is 2.53. The summed E-state index contributed by atoms with van der Waals surface area (Å²) < 4.78 is 5.64. The molecule has 104 valence electrons. The minimum Gasteiger partial charge on any atom is -0.375 e. The maximum Gasteiger partial charge on any atom is 0.101 e. The van der Waals surface area contributed by atoms with Gasteiger partial charge in [-0.15, -0.1) is 6.58 Å². The van der Waals surface area contributed by atoms with Crippen LogP contribution in [0.25, 0.3) is 0 Å². The van der Waals surface area contributed by atoms with E-state index < -0.39 is 0 Å². The fourth-order valence-electron chi connectivity index (χ4n) is 2.28. The van der Waals surface area contributed by atoms with E-state index in [1.165, 1.54) is 5.56 Å². The van der Waals surface area contributed by atoms with Crippen molar-refractivity contribution in [2.45, 2.75) is 18.7 Å². The lowest BCUT2D eigenvalue weighted by Crippen LogP contribution is -2.33. The SMILES string of the molecule is C=C[C@H](NCc1ccccc1)[C@@H](OC)c1ccccc1. The Balaban J connectivity index is 2.04. The van der Waals surface area contributed by atoms with E-state index in [9.17, 15) is 0 Å². The molecule has 2 atom stereocenters. The molecule has 1 N–H and O–H groups in total. The minimum atomic E-state index is -0.0302. The molecule has 0 saturated heterocycles. The van der Waals surface area contributed by atoms with Crippen LogP contribution in [-0.4, -0.2) is 13.2 Å². The second-order valence-electron chi connectivity index (χ2n) is 4.69. The zero-order valence-electron chi connectivity index (χ0n) is 11.8. The second kappa shape index (κ2) is 7.63. The quantitative estimate of drug-likeness (QED) is 0.772. The number of hydrogen-bond acceptors (Lipinski definition) is 2. The normalized spacial score (nSPS) is 13.7. The Morgan fingerprint density at radius 1 is 1.05 bits per heavy atom. The van der Waals surface area contributed by atoms with Gasteiger partial charge in [-0.1, -0.05) is 66.7 Å². The van der Waals surface area contributed by atoms with Crippen LogP contribution in [0.3, 0.4) is 0 Å². The van der Waals surface area contributed by atoms with Crippen LogP contribution >= 0.6 is 0 Å². The Bertz CT molecular complexity index is 509. The third-order valence-electron chi connectivity index (χ3n) is 3.35. The van der Waals surface area contributed by atoms with Crippen molar-refractivity contribution < 1.29 is 4.74 Å². The van der Waals surface area contributed by atoms with Crippen molar-refractivity contribution in [1.82, 2.24) is 5.32 Å². The molecule has 20 heavy (non-hydrogen) atoms. The molecule has 0 spiro atoms. The van der Waals surface area contributed by atoms with Gasteiger partial charge in [0.25, 0.3) is 0 Å². The highest BCUT2D eigenvalue weighted by molar-refractivity contribution is 5.21. The number of benzene rings is 2. The van der Waals surface area contributed by atoms with E-state index in [0.29, 0.717) is 0 Å². The van der Waals surface area contributed by atoms with Gasteiger partial charge in [-0.3, -0.25) is 0 Å². The van der Waals surface area contributed by atoms with E-state index in [4.69, 9.17) is 4.74 Å². The van der Waals surface area contributed by atoms with E-state index >= 15 is 0 Å². The van der Waals surface area contributed by atoms with Crippen LogP contribution in [0, 0.1) is 0 Å². The minimum absolute atomic E-state index is 0.0302. The Labute approximate surface area is 121 Å². The van der Waals surface area contributed by atoms with Crippen molar-refractivity contribution >= 4 is 0 Å². The van der Waals surface area contributed by atoms with Crippen molar-refractivity contribution in [2.75, 3.05) is 7.11 Å². The molecule has 0 aromatic heterocycles.